The van der Waals surface area contributed by atoms with Gasteiger partial charge < -0.3 is 15.2 Å². The summed E-state index contributed by atoms with van der Waals surface area (Å²) in [4.78, 5) is 10.8. The summed E-state index contributed by atoms with van der Waals surface area (Å²) in [7, 11) is 1.28. The lowest BCUT2D eigenvalue weighted by molar-refractivity contribution is -0.151. The summed E-state index contributed by atoms with van der Waals surface area (Å²) < 4.78 is 4.40. The van der Waals surface area contributed by atoms with Crippen LogP contribution in [-0.2, 0) is 9.53 Å². The molecule has 1 aliphatic heterocycles. The molecule has 0 radical (unpaired) electrons. The first kappa shape index (κ1) is 8.49. The Bertz CT molecular complexity index is 143. The van der Waals surface area contributed by atoms with Crippen LogP contribution in [0.2, 0.25) is 0 Å². The Kier molecular flexibility index (Phi) is 2.84. The van der Waals surface area contributed by atoms with Crippen molar-refractivity contribution in [2.75, 3.05) is 13.7 Å². The molecule has 0 aromatic carbocycles. The first-order chi connectivity index (χ1) is 5.25. The van der Waals surface area contributed by atoms with Gasteiger partial charge in [0.25, 0.3) is 0 Å². The summed E-state index contributed by atoms with van der Waals surface area (Å²) in [5.41, 5.74) is 0. The molecule has 0 bridgehead atoms. The maximum atomic E-state index is 10.8. The minimum Gasteiger partial charge on any atom is -0.467 e. The molecular weight excluding hydrogens is 146 g/mol. The van der Waals surface area contributed by atoms with Gasteiger partial charge in [-0.15, -0.1) is 0 Å². The first-order valence-electron chi connectivity index (χ1n) is 3.75. The Hall–Kier alpha value is -0.610. The van der Waals surface area contributed by atoms with E-state index in [2.05, 4.69) is 10.1 Å². The predicted octanol–water partition coefficient (Wildman–Crippen LogP) is -0.728. The quantitative estimate of drug-likeness (QED) is 0.522. The van der Waals surface area contributed by atoms with Crippen LogP contribution in [0.1, 0.15) is 12.8 Å². The van der Waals surface area contributed by atoms with Gasteiger partial charge in [-0.05, 0) is 19.4 Å². The minimum atomic E-state index is -0.998. The predicted molar refractivity (Wildman–Crippen MR) is 39.0 cm³/mol. The average molecular weight is 159 g/mol. The van der Waals surface area contributed by atoms with Gasteiger partial charge in [-0.1, -0.05) is 0 Å². The molecule has 0 aromatic rings. The van der Waals surface area contributed by atoms with E-state index in [0.717, 1.165) is 19.4 Å². The maximum absolute atomic E-state index is 10.8. The standard InChI is InChI=1S/C7H13NO3/c1-11-7(10)6(9)5-3-2-4-8-5/h5-6,8-9H,2-4H2,1H3/t5-,6-/m0/s1. The van der Waals surface area contributed by atoms with E-state index in [4.69, 9.17) is 0 Å². The fourth-order valence-electron chi connectivity index (χ4n) is 1.27. The van der Waals surface area contributed by atoms with E-state index in [9.17, 15) is 9.90 Å². The molecule has 0 aromatic heterocycles. The van der Waals surface area contributed by atoms with E-state index in [-0.39, 0.29) is 6.04 Å². The SMILES string of the molecule is COC(=O)[C@@H](O)[C@@H]1CCCN1. The molecule has 11 heavy (non-hydrogen) atoms. The van der Waals surface area contributed by atoms with E-state index in [1.54, 1.807) is 0 Å². The maximum Gasteiger partial charge on any atom is 0.336 e. The number of esters is 1. The van der Waals surface area contributed by atoms with Gasteiger partial charge >= 0.3 is 5.97 Å². The molecule has 1 aliphatic rings. The van der Waals surface area contributed by atoms with Gasteiger partial charge in [0.2, 0.25) is 0 Å². The number of aliphatic hydroxyl groups is 1. The van der Waals surface area contributed by atoms with Gasteiger partial charge in [-0.2, -0.15) is 0 Å². The van der Waals surface area contributed by atoms with E-state index >= 15 is 0 Å². The number of carbonyl (C=O) groups is 1. The van der Waals surface area contributed by atoms with Crippen LogP contribution in [0.15, 0.2) is 0 Å². The second-order valence-corrected chi connectivity index (χ2v) is 2.67. The van der Waals surface area contributed by atoms with Gasteiger partial charge in [0.1, 0.15) is 0 Å². The molecule has 0 aliphatic carbocycles. The number of nitrogens with one attached hydrogen (secondary N) is 1. The van der Waals surface area contributed by atoms with Crippen molar-refractivity contribution in [3.63, 3.8) is 0 Å². The molecule has 2 N–H and O–H groups in total. The lowest BCUT2D eigenvalue weighted by Crippen LogP contribution is -2.40. The first-order valence-corrected chi connectivity index (χ1v) is 3.75. The van der Waals surface area contributed by atoms with Gasteiger partial charge in [0.15, 0.2) is 6.10 Å². The van der Waals surface area contributed by atoms with Crippen LogP contribution < -0.4 is 5.32 Å². The van der Waals surface area contributed by atoms with Crippen LogP contribution >= 0.6 is 0 Å². The third-order valence-corrected chi connectivity index (χ3v) is 1.92. The lowest BCUT2D eigenvalue weighted by Gasteiger charge is -2.14. The summed E-state index contributed by atoms with van der Waals surface area (Å²) >= 11 is 0. The molecule has 0 amide bonds. The molecule has 1 saturated heterocycles. The Labute approximate surface area is 65.5 Å². The van der Waals surface area contributed by atoms with Gasteiger partial charge in [-0.3, -0.25) is 0 Å². The molecule has 1 heterocycles. The Morgan fingerprint density at radius 3 is 3.00 bits per heavy atom. The van der Waals surface area contributed by atoms with Crippen LogP contribution in [0.4, 0.5) is 0 Å². The summed E-state index contributed by atoms with van der Waals surface area (Å²) in [5, 5.41) is 12.3. The van der Waals surface area contributed by atoms with Crippen molar-refractivity contribution in [1.82, 2.24) is 5.32 Å². The van der Waals surface area contributed by atoms with E-state index in [1.165, 1.54) is 7.11 Å². The zero-order valence-corrected chi connectivity index (χ0v) is 6.54. The van der Waals surface area contributed by atoms with Crippen molar-refractivity contribution in [3.8, 4) is 0 Å². The van der Waals surface area contributed by atoms with Crippen molar-refractivity contribution < 1.29 is 14.6 Å². The molecular formula is C7H13NO3. The second kappa shape index (κ2) is 3.69. The number of methoxy groups -OCH3 is 1. The highest BCUT2D eigenvalue weighted by molar-refractivity contribution is 5.75. The van der Waals surface area contributed by atoms with Crippen molar-refractivity contribution >= 4 is 5.97 Å². The third-order valence-electron chi connectivity index (χ3n) is 1.92. The Balaban J connectivity index is 2.39. The zero-order valence-electron chi connectivity index (χ0n) is 6.54. The largest absolute Gasteiger partial charge is 0.467 e. The molecule has 1 fully saturated rings. The van der Waals surface area contributed by atoms with Crippen LogP contribution in [0, 0.1) is 0 Å². The highest BCUT2D eigenvalue weighted by atomic mass is 16.5. The van der Waals surface area contributed by atoms with Crippen LogP contribution in [0.25, 0.3) is 0 Å². The number of hydrogen-bond acceptors (Lipinski definition) is 4. The molecule has 4 heteroatoms. The van der Waals surface area contributed by atoms with E-state index in [0.29, 0.717) is 0 Å². The number of aliphatic hydroxyl groups excluding tert-OH is 1. The molecule has 0 spiro atoms. The zero-order chi connectivity index (χ0) is 8.27. The van der Waals surface area contributed by atoms with Crippen molar-refractivity contribution in [2.24, 2.45) is 0 Å². The third kappa shape index (κ3) is 1.91. The topological polar surface area (TPSA) is 58.6 Å². The fourth-order valence-corrected chi connectivity index (χ4v) is 1.27. The molecule has 0 unspecified atom stereocenters. The number of hydrogen-bond donors (Lipinski definition) is 2. The lowest BCUT2D eigenvalue weighted by atomic mass is 10.1. The molecule has 1 rings (SSSR count). The molecule has 64 valence electrons. The molecule has 4 nitrogen and oxygen atoms in total. The smallest absolute Gasteiger partial charge is 0.336 e. The number of ether oxygens (including phenoxy) is 1. The summed E-state index contributed by atoms with van der Waals surface area (Å²) in [6.07, 6.45) is 0.858. The van der Waals surface area contributed by atoms with E-state index < -0.39 is 12.1 Å². The number of carbonyl (C=O) groups excluding carboxylic acids is 1. The van der Waals surface area contributed by atoms with Crippen LogP contribution in [-0.4, -0.2) is 36.9 Å². The minimum absolute atomic E-state index is 0.109. The molecule has 2 atom stereocenters. The van der Waals surface area contributed by atoms with Gasteiger partial charge in [-0.25, -0.2) is 4.79 Å². The van der Waals surface area contributed by atoms with Crippen LogP contribution in [0.5, 0.6) is 0 Å². The highest BCUT2D eigenvalue weighted by Crippen LogP contribution is 2.09. The Morgan fingerprint density at radius 2 is 2.55 bits per heavy atom. The van der Waals surface area contributed by atoms with Gasteiger partial charge in [0, 0.05) is 6.04 Å². The fraction of sp³-hybridized carbons (Fsp3) is 0.857. The van der Waals surface area contributed by atoms with Crippen molar-refractivity contribution in [1.29, 1.82) is 0 Å². The average Bonchev–Trinajstić information content (AvgIpc) is 2.53. The van der Waals surface area contributed by atoms with Crippen LogP contribution in [0.3, 0.4) is 0 Å². The normalized spacial score (nSPS) is 26.5. The van der Waals surface area contributed by atoms with Crippen molar-refractivity contribution in [3.05, 3.63) is 0 Å². The van der Waals surface area contributed by atoms with Crippen molar-refractivity contribution in [2.45, 2.75) is 25.0 Å². The second-order valence-electron chi connectivity index (χ2n) is 2.67. The summed E-state index contributed by atoms with van der Waals surface area (Å²) in [6.45, 7) is 0.874. The summed E-state index contributed by atoms with van der Waals surface area (Å²) in [6, 6.07) is -0.109. The monoisotopic (exact) mass is 159 g/mol. The number of rotatable bonds is 2. The highest BCUT2D eigenvalue weighted by Gasteiger charge is 2.28. The van der Waals surface area contributed by atoms with E-state index in [1.807, 2.05) is 0 Å². The molecule has 0 saturated carbocycles. The Morgan fingerprint density at radius 1 is 1.82 bits per heavy atom. The summed E-state index contributed by atoms with van der Waals surface area (Å²) in [5.74, 6) is -0.551. The van der Waals surface area contributed by atoms with Gasteiger partial charge in [0.05, 0.1) is 7.11 Å².